The SMILES string of the molecule is CCC(C)(CCO)NC(=O)CSCCOC. The van der Waals surface area contributed by atoms with Gasteiger partial charge in [0.2, 0.25) is 5.91 Å². The number of thioether (sulfide) groups is 1. The Bertz CT molecular complexity index is 202. The van der Waals surface area contributed by atoms with Gasteiger partial charge in [-0.3, -0.25) is 4.79 Å². The zero-order valence-electron chi connectivity index (χ0n) is 10.4. The van der Waals surface area contributed by atoms with Crippen LogP contribution in [-0.4, -0.2) is 48.4 Å². The molecule has 4 nitrogen and oxygen atoms in total. The van der Waals surface area contributed by atoms with Crippen molar-refractivity contribution < 1.29 is 14.6 Å². The molecule has 0 aromatic rings. The topological polar surface area (TPSA) is 58.6 Å². The van der Waals surface area contributed by atoms with Gasteiger partial charge in [-0.2, -0.15) is 0 Å². The normalized spacial score (nSPS) is 14.5. The van der Waals surface area contributed by atoms with E-state index in [1.165, 1.54) is 0 Å². The predicted octanol–water partition coefficient (Wildman–Crippen LogP) is 1.03. The molecule has 1 atom stereocenters. The number of rotatable bonds is 9. The molecular formula is C11H23NO3S. The largest absolute Gasteiger partial charge is 0.396 e. The first-order valence-electron chi connectivity index (χ1n) is 5.56. The van der Waals surface area contributed by atoms with Gasteiger partial charge in [-0.25, -0.2) is 0 Å². The molecule has 0 aromatic carbocycles. The maximum absolute atomic E-state index is 11.6. The molecule has 0 heterocycles. The van der Waals surface area contributed by atoms with Crippen LogP contribution in [0.2, 0.25) is 0 Å². The minimum Gasteiger partial charge on any atom is -0.396 e. The molecule has 0 rings (SSSR count). The Labute approximate surface area is 102 Å². The summed E-state index contributed by atoms with van der Waals surface area (Å²) in [7, 11) is 1.65. The van der Waals surface area contributed by atoms with Crippen LogP contribution in [0.4, 0.5) is 0 Å². The highest BCUT2D eigenvalue weighted by Crippen LogP contribution is 2.14. The molecule has 2 N–H and O–H groups in total. The molecule has 16 heavy (non-hydrogen) atoms. The predicted molar refractivity (Wildman–Crippen MR) is 67.7 cm³/mol. The molecule has 0 aliphatic carbocycles. The van der Waals surface area contributed by atoms with E-state index in [0.717, 1.165) is 12.2 Å². The van der Waals surface area contributed by atoms with E-state index in [-0.39, 0.29) is 18.1 Å². The van der Waals surface area contributed by atoms with E-state index < -0.39 is 0 Å². The number of hydrogen-bond donors (Lipinski definition) is 2. The Morgan fingerprint density at radius 1 is 1.56 bits per heavy atom. The standard InChI is InChI=1S/C11H23NO3S/c1-4-11(2,5-6-13)12-10(14)9-16-8-7-15-3/h13H,4-9H2,1-3H3,(H,12,14). The van der Waals surface area contributed by atoms with Crippen molar-refractivity contribution >= 4 is 17.7 Å². The number of aliphatic hydroxyl groups excluding tert-OH is 1. The summed E-state index contributed by atoms with van der Waals surface area (Å²) in [5.41, 5.74) is -0.284. The number of carbonyl (C=O) groups excluding carboxylic acids is 1. The van der Waals surface area contributed by atoms with Crippen LogP contribution in [0.1, 0.15) is 26.7 Å². The van der Waals surface area contributed by atoms with Crippen molar-refractivity contribution in [3.05, 3.63) is 0 Å². The Hall–Kier alpha value is -0.260. The summed E-state index contributed by atoms with van der Waals surface area (Å²) >= 11 is 1.56. The van der Waals surface area contributed by atoms with Crippen molar-refractivity contribution in [2.75, 3.05) is 31.8 Å². The van der Waals surface area contributed by atoms with Gasteiger partial charge in [0.1, 0.15) is 0 Å². The molecule has 0 aliphatic heterocycles. The molecule has 1 unspecified atom stereocenters. The first-order valence-corrected chi connectivity index (χ1v) is 6.72. The average molecular weight is 249 g/mol. The second-order valence-electron chi connectivity index (χ2n) is 3.98. The molecule has 1 amide bonds. The minimum absolute atomic E-state index is 0.0268. The molecular weight excluding hydrogens is 226 g/mol. The van der Waals surface area contributed by atoms with Gasteiger partial charge in [0, 0.05) is 25.0 Å². The fourth-order valence-electron chi connectivity index (χ4n) is 1.25. The average Bonchev–Trinajstić information content (AvgIpc) is 2.25. The molecule has 0 aromatic heterocycles. The third kappa shape index (κ3) is 7.09. The first-order chi connectivity index (χ1) is 7.58. The summed E-state index contributed by atoms with van der Waals surface area (Å²) in [4.78, 5) is 11.6. The van der Waals surface area contributed by atoms with E-state index >= 15 is 0 Å². The lowest BCUT2D eigenvalue weighted by Crippen LogP contribution is -2.47. The highest BCUT2D eigenvalue weighted by molar-refractivity contribution is 7.99. The number of carbonyl (C=O) groups is 1. The van der Waals surface area contributed by atoms with Crippen LogP contribution >= 0.6 is 11.8 Å². The van der Waals surface area contributed by atoms with Crippen LogP contribution in [0.15, 0.2) is 0 Å². The van der Waals surface area contributed by atoms with Crippen LogP contribution in [0.3, 0.4) is 0 Å². The highest BCUT2D eigenvalue weighted by atomic mass is 32.2. The third-order valence-corrected chi connectivity index (χ3v) is 3.47. The number of amides is 1. The molecule has 0 bridgehead atoms. The maximum atomic E-state index is 11.6. The lowest BCUT2D eigenvalue weighted by molar-refractivity contribution is -0.120. The van der Waals surface area contributed by atoms with Gasteiger partial charge < -0.3 is 15.2 Å². The Morgan fingerprint density at radius 2 is 2.25 bits per heavy atom. The molecule has 0 radical (unpaired) electrons. The smallest absolute Gasteiger partial charge is 0.230 e. The van der Waals surface area contributed by atoms with Gasteiger partial charge in [-0.15, -0.1) is 11.8 Å². The Morgan fingerprint density at radius 3 is 2.75 bits per heavy atom. The number of aliphatic hydroxyl groups is 1. The van der Waals surface area contributed by atoms with Crippen LogP contribution in [-0.2, 0) is 9.53 Å². The monoisotopic (exact) mass is 249 g/mol. The fourth-order valence-corrected chi connectivity index (χ4v) is 1.94. The second-order valence-corrected chi connectivity index (χ2v) is 5.09. The van der Waals surface area contributed by atoms with E-state index in [1.54, 1.807) is 18.9 Å². The number of nitrogens with one attached hydrogen (secondary N) is 1. The van der Waals surface area contributed by atoms with E-state index in [0.29, 0.717) is 18.8 Å². The van der Waals surface area contributed by atoms with Crippen molar-refractivity contribution in [2.45, 2.75) is 32.2 Å². The summed E-state index contributed by atoms with van der Waals surface area (Å²) < 4.78 is 4.90. The second kappa shape index (κ2) is 8.84. The van der Waals surface area contributed by atoms with Crippen LogP contribution < -0.4 is 5.32 Å². The molecule has 0 saturated carbocycles. The zero-order chi connectivity index (χ0) is 12.4. The number of hydrogen-bond acceptors (Lipinski definition) is 4. The summed E-state index contributed by atoms with van der Waals surface area (Å²) in [5.74, 6) is 1.30. The van der Waals surface area contributed by atoms with Crippen LogP contribution in [0, 0.1) is 0 Å². The fraction of sp³-hybridized carbons (Fsp3) is 0.909. The van der Waals surface area contributed by atoms with Gasteiger partial charge >= 0.3 is 0 Å². The molecule has 96 valence electrons. The van der Waals surface area contributed by atoms with Gasteiger partial charge in [-0.05, 0) is 19.8 Å². The summed E-state index contributed by atoms with van der Waals surface area (Å²) in [6.45, 7) is 4.73. The third-order valence-electron chi connectivity index (χ3n) is 2.55. The summed E-state index contributed by atoms with van der Waals surface area (Å²) in [5, 5.41) is 11.9. The molecule has 0 aliphatic rings. The number of methoxy groups -OCH3 is 1. The molecule has 5 heteroatoms. The summed E-state index contributed by atoms with van der Waals surface area (Å²) in [6, 6.07) is 0. The van der Waals surface area contributed by atoms with Gasteiger partial charge in [0.25, 0.3) is 0 Å². The summed E-state index contributed by atoms with van der Waals surface area (Å²) in [6.07, 6.45) is 1.42. The highest BCUT2D eigenvalue weighted by Gasteiger charge is 2.23. The molecule has 0 spiro atoms. The Balaban J connectivity index is 3.82. The van der Waals surface area contributed by atoms with E-state index in [4.69, 9.17) is 9.84 Å². The zero-order valence-corrected chi connectivity index (χ0v) is 11.2. The van der Waals surface area contributed by atoms with Gasteiger partial charge in [-0.1, -0.05) is 6.92 Å². The van der Waals surface area contributed by atoms with Crippen molar-refractivity contribution in [3.63, 3.8) is 0 Å². The van der Waals surface area contributed by atoms with Gasteiger partial charge in [0.15, 0.2) is 0 Å². The van der Waals surface area contributed by atoms with Crippen molar-refractivity contribution in [1.29, 1.82) is 0 Å². The van der Waals surface area contributed by atoms with Crippen molar-refractivity contribution in [3.8, 4) is 0 Å². The maximum Gasteiger partial charge on any atom is 0.230 e. The van der Waals surface area contributed by atoms with Gasteiger partial charge in [0.05, 0.1) is 12.4 Å². The van der Waals surface area contributed by atoms with E-state index in [2.05, 4.69) is 5.32 Å². The van der Waals surface area contributed by atoms with E-state index in [1.807, 2.05) is 13.8 Å². The lowest BCUT2D eigenvalue weighted by Gasteiger charge is -2.28. The van der Waals surface area contributed by atoms with Crippen molar-refractivity contribution in [2.24, 2.45) is 0 Å². The molecule has 0 saturated heterocycles. The lowest BCUT2D eigenvalue weighted by atomic mass is 9.95. The quantitative estimate of drug-likeness (QED) is 0.599. The number of ether oxygens (including phenoxy) is 1. The first kappa shape index (κ1) is 15.7. The van der Waals surface area contributed by atoms with Crippen LogP contribution in [0.5, 0.6) is 0 Å². The van der Waals surface area contributed by atoms with Crippen molar-refractivity contribution in [1.82, 2.24) is 5.32 Å². The van der Waals surface area contributed by atoms with Crippen LogP contribution in [0.25, 0.3) is 0 Å². The minimum atomic E-state index is -0.284. The van der Waals surface area contributed by atoms with E-state index in [9.17, 15) is 4.79 Å². The Kier molecular flexibility index (Phi) is 8.70. The molecule has 0 fully saturated rings.